The fraction of sp³-hybridized carbons (Fsp3) is 0.312. The molecule has 2 N–H and O–H groups in total. The predicted octanol–water partition coefficient (Wildman–Crippen LogP) is 2.52. The van der Waals surface area contributed by atoms with Gasteiger partial charge in [0.15, 0.2) is 0 Å². The molecule has 1 aliphatic carbocycles. The zero-order valence-corrected chi connectivity index (χ0v) is 13.1. The Morgan fingerprint density at radius 3 is 2.71 bits per heavy atom. The highest BCUT2D eigenvalue weighted by Gasteiger charge is 2.14. The van der Waals surface area contributed by atoms with Crippen LogP contribution in [0.4, 0.5) is 0 Å². The van der Waals surface area contributed by atoms with Crippen LogP contribution in [-0.2, 0) is 0 Å². The van der Waals surface area contributed by atoms with Crippen LogP contribution in [0.2, 0.25) is 0 Å². The molecule has 0 heterocycles. The SMILES string of the molecule is C=N/C=C\C(=N/CC)N(C)C1=CC(=N)/C(=C(/C)NC)C=C1. The van der Waals surface area contributed by atoms with Gasteiger partial charge in [-0.1, -0.05) is 0 Å². The number of rotatable bonds is 5. The highest BCUT2D eigenvalue weighted by Crippen LogP contribution is 2.18. The van der Waals surface area contributed by atoms with Gasteiger partial charge in [-0.25, -0.2) is 0 Å². The highest BCUT2D eigenvalue weighted by molar-refractivity contribution is 6.11. The van der Waals surface area contributed by atoms with Gasteiger partial charge in [0, 0.05) is 43.8 Å². The molecule has 0 aromatic carbocycles. The van der Waals surface area contributed by atoms with E-state index in [0.29, 0.717) is 12.3 Å². The molecule has 0 atom stereocenters. The van der Waals surface area contributed by atoms with Gasteiger partial charge < -0.3 is 15.6 Å². The van der Waals surface area contributed by atoms with Crippen LogP contribution < -0.4 is 5.32 Å². The summed E-state index contributed by atoms with van der Waals surface area (Å²) in [6.07, 6.45) is 9.17. The minimum Gasteiger partial charge on any atom is -0.391 e. The second-order valence-corrected chi connectivity index (χ2v) is 4.49. The van der Waals surface area contributed by atoms with E-state index in [9.17, 15) is 0 Å². The summed E-state index contributed by atoms with van der Waals surface area (Å²) in [5, 5.41) is 11.2. The third-order valence-corrected chi connectivity index (χ3v) is 3.16. The van der Waals surface area contributed by atoms with E-state index < -0.39 is 0 Å². The van der Waals surface area contributed by atoms with Gasteiger partial charge >= 0.3 is 0 Å². The largest absolute Gasteiger partial charge is 0.391 e. The molecule has 1 rings (SSSR count). The Morgan fingerprint density at radius 2 is 2.19 bits per heavy atom. The summed E-state index contributed by atoms with van der Waals surface area (Å²) in [6, 6.07) is 0. The second-order valence-electron chi connectivity index (χ2n) is 4.49. The number of nitrogens with zero attached hydrogens (tertiary/aromatic N) is 3. The number of hydrogen-bond acceptors (Lipinski definition) is 4. The van der Waals surface area contributed by atoms with Crippen molar-refractivity contribution in [2.24, 2.45) is 9.98 Å². The number of likely N-dealkylation sites (N-methyl/N-ethyl adjacent to an activating group) is 1. The van der Waals surface area contributed by atoms with Crippen molar-refractivity contribution in [1.82, 2.24) is 10.2 Å². The Morgan fingerprint density at radius 1 is 1.48 bits per heavy atom. The molecule has 0 unspecified atom stereocenters. The Labute approximate surface area is 126 Å². The molecule has 0 fully saturated rings. The van der Waals surface area contributed by atoms with Gasteiger partial charge in [-0.15, -0.1) is 0 Å². The minimum absolute atomic E-state index is 0.480. The first-order chi connectivity index (χ1) is 10.0. The fourth-order valence-electron chi connectivity index (χ4n) is 1.89. The van der Waals surface area contributed by atoms with Gasteiger partial charge in [0.2, 0.25) is 0 Å². The van der Waals surface area contributed by atoms with E-state index in [0.717, 1.165) is 22.8 Å². The van der Waals surface area contributed by atoms with Crippen molar-refractivity contribution in [2.45, 2.75) is 13.8 Å². The van der Waals surface area contributed by atoms with Gasteiger partial charge in [0.1, 0.15) is 5.84 Å². The molecule has 0 spiro atoms. The van der Waals surface area contributed by atoms with Gasteiger partial charge in [-0.05, 0) is 44.9 Å². The van der Waals surface area contributed by atoms with Crippen molar-refractivity contribution < 1.29 is 0 Å². The van der Waals surface area contributed by atoms with E-state index >= 15 is 0 Å². The van der Waals surface area contributed by atoms with E-state index in [1.54, 1.807) is 12.3 Å². The summed E-state index contributed by atoms with van der Waals surface area (Å²) in [5.74, 6) is 0.784. The van der Waals surface area contributed by atoms with Gasteiger partial charge in [-0.3, -0.25) is 9.98 Å². The quantitative estimate of drug-likeness (QED) is 0.602. The average Bonchev–Trinajstić information content (AvgIpc) is 2.49. The summed E-state index contributed by atoms with van der Waals surface area (Å²) in [6.45, 7) is 8.05. The Balaban J connectivity index is 3.05. The lowest BCUT2D eigenvalue weighted by atomic mass is 10.0. The highest BCUT2D eigenvalue weighted by atomic mass is 15.2. The zero-order valence-electron chi connectivity index (χ0n) is 13.1. The van der Waals surface area contributed by atoms with Crippen molar-refractivity contribution in [3.8, 4) is 0 Å². The summed E-state index contributed by atoms with van der Waals surface area (Å²) in [5.41, 5.74) is 3.26. The van der Waals surface area contributed by atoms with E-state index in [2.05, 4.69) is 22.0 Å². The lowest BCUT2D eigenvalue weighted by Gasteiger charge is -2.23. The summed E-state index contributed by atoms with van der Waals surface area (Å²) in [4.78, 5) is 10.1. The molecule has 0 aromatic rings. The Bertz CT molecular complexity index is 561. The van der Waals surface area contributed by atoms with Gasteiger partial charge in [0.25, 0.3) is 0 Å². The predicted molar refractivity (Wildman–Crippen MR) is 91.1 cm³/mol. The summed E-state index contributed by atoms with van der Waals surface area (Å²) in [7, 11) is 3.78. The normalized spacial score (nSPS) is 17.8. The minimum atomic E-state index is 0.480. The number of aliphatic imine (C=N–C) groups is 2. The molecule has 5 nitrogen and oxygen atoms in total. The standard InChI is InChI=1S/C16H23N5/c1-6-20-16(9-10-18-3)21(5)13-7-8-14(12(2)19-4)15(17)11-13/h7-11,17,19H,3,6H2,1-2,4-5H3/b10-9-,14-12-,17-15?,20-16+. The summed E-state index contributed by atoms with van der Waals surface area (Å²) < 4.78 is 0. The second kappa shape index (κ2) is 7.99. The first-order valence-electron chi connectivity index (χ1n) is 6.83. The number of allylic oxidation sites excluding steroid dienone is 5. The molecule has 0 saturated carbocycles. The fourth-order valence-corrected chi connectivity index (χ4v) is 1.89. The molecular weight excluding hydrogens is 262 g/mol. The molecule has 0 aromatic heterocycles. The molecule has 0 aliphatic heterocycles. The molecule has 0 bridgehead atoms. The molecule has 21 heavy (non-hydrogen) atoms. The molecule has 0 amide bonds. The smallest absolute Gasteiger partial charge is 0.129 e. The third kappa shape index (κ3) is 4.27. The van der Waals surface area contributed by atoms with Crippen LogP contribution in [0.5, 0.6) is 0 Å². The van der Waals surface area contributed by atoms with Crippen LogP contribution in [0.15, 0.2) is 57.5 Å². The molecule has 1 aliphatic rings. The maximum Gasteiger partial charge on any atom is 0.129 e. The van der Waals surface area contributed by atoms with Crippen LogP contribution in [0, 0.1) is 5.41 Å². The van der Waals surface area contributed by atoms with Crippen molar-refractivity contribution in [3.63, 3.8) is 0 Å². The van der Waals surface area contributed by atoms with Crippen LogP contribution in [0.3, 0.4) is 0 Å². The van der Waals surface area contributed by atoms with Gasteiger partial charge in [-0.2, -0.15) is 0 Å². The Hall–Kier alpha value is -2.43. The maximum absolute atomic E-state index is 8.15. The van der Waals surface area contributed by atoms with Crippen molar-refractivity contribution >= 4 is 18.3 Å². The third-order valence-electron chi connectivity index (χ3n) is 3.16. The van der Waals surface area contributed by atoms with Crippen molar-refractivity contribution in [3.05, 3.63) is 47.5 Å². The molecule has 0 saturated heterocycles. The van der Waals surface area contributed by atoms with Gasteiger partial charge in [0.05, 0.1) is 5.71 Å². The molecule has 112 valence electrons. The van der Waals surface area contributed by atoms with Crippen LogP contribution >= 0.6 is 0 Å². The molecule has 5 heteroatoms. The first-order valence-corrected chi connectivity index (χ1v) is 6.83. The van der Waals surface area contributed by atoms with Crippen LogP contribution in [-0.4, -0.2) is 43.8 Å². The molecular formula is C16H23N5. The lowest BCUT2D eigenvalue weighted by molar-refractivity contribution is 0.647. The Kier molecular flexibility index (Phi) is 6.33. The molecule has 0 radical (unpaired) electrons. The van der Waals surface area contributed by atoms with E-state index in [1.165, 1.54) is 0 Å². The first kappa shape index (κ1) is 16.6. The van der Waals surface area contributed by atoms with Crippen molar-refractivity contribution in [1.29, 1.82) is 5.41 Å². The number of hydrogen-bond donors (Lipinski definition) is 2. The van der Waals surface area contributed by atoms with E-state index in [-0.39, 0.29) is 0 Å². The monoisotopic (exact) mass is 285 g/mol. The van der Waals surface area contributed by atoms with Crippen LogP contribution in [0.1, 0.15) is 13.8 Å². The maximum atomic E-state index is 8.15. The van der Waals surface area contributed by atoms with Crippen molar-refractivity contribution in [2.75, 3.05) is 20.6 Å². The zero-order chi connectivity index (χ0) is 15.8. The lowest BCUT2D eigenvalue weighted by Crippen LogP contribution is -2.26. The number of nitrogens with one attached hydrogen (secondary N) is 2. The number of amidine groups is 1. The topological polar surface area (TPSA) is 63.8 Å². The van der Waals surface area contributed by atoms with E-state index in [1.807, 2.05) is 51.1 Å². The van der Waals surface area contributed by atoms with E-state index in [4.69, 9.17) is 5.41 Å². The van der Waals surface area contributed by atoms with Crippen LogP contribution in [0.25, 0.3) is 0 Å². The average molecular weight is 285 g/mol. The summed E-state index contributed by atoms with van der Waals surface area (Å²) >= 11 is 0.